The summed E-state index contributed by atoms with van der Waals surface area (Å²) in [5.41, 5.74) is 0. The van der Waals surface area contributed by atoms with E-state index < -0.39 is 6.10 Å². The highest BCUT2D eigenvalue weighted by atomic mass is 16.5. The molecule has 0 saturated heterocycles. The summed E-state index contributed by atoms with van der Waals surface area (Å²) in [6.07, 6.45) is -0.432. The Morgan fingerprint density at radius 2 is 1.75 bits per heavy atom. The normalized spacial score (nSPS) is 12.4. The van der Waals surface area contributed by atoms with Gasteiger partial charge in [0.2, 0.25) is 0 Å². The average molecular weight is 284 g/mol. The van der Waals surface area contributed by atoms with E-state index in [4.69, 9.17) is 14.2 Å². The second kappa shape index (κ2) is 9.58. The molecule has 0 unspecified atom stereocenters. The van der Waals surface area contributed by atoms with Gasteiger partial charge in [0.15, 0.2) is 0 Å². The lowest BCUT2D eigenvalue weighted by molar-refractivity contribution is -0.688. The van der Waals surface area contributed by atoms with Crippen LogP contribution in [0.25, 0.3) is 0 Å². The third-order valence-corrected chi connectivity index (χ3v) is 2.75. The lowest BCUT2D eigenvalue weighted by Gasteiger charge is -2.12. The molecule has 1 aromatic rings. The first kappa shape index (κ1) is 16.8. The summed E-state index contributed by atoms with van der Waals surface area (Å²) in [6.45, 7) is 6.12. The summed E-state index contributed by atoms with van der Waals surface area (Å²) in [5, 5.41) is 11.7. The number of aliphatic hydroxyl groups is 1. The van der Waals surface area contributed by atoms with Crippen molar-refractivity contribution in [2.75, 3.05) is 33.5 Å². The highest BCUT2D eigenvalue weighted by Gasteiger charge is 2.07. The van der Waals surface area contributed by atoms with Crippen molar-refractivity contribution in [1.82, 2.24) is 0 Å². The third kappa shape index (κ3) is 7.33. The minimum absolute atomic E-state index is 0.342. The van der Waals surface area contributed by atoms with Gasteiger partial charge in [0.05, 0.1) is 26.4 Å². The molecule has 1 atom stereocenters. The van der Waals surface area contributed by atoms with Crippen molar-refractivity contribution in [3.63, 3.8) is 0 Å². The number of quaternary nitrogens is 1. The molecule has 5 nitrogen and oxygen atoms in total. The van der Waals surface area contributed by atoms with Crippen molar-refractivity contribution in [2.24, 2.45) is 0 Å². The van der Waals surface area contributed by atoms with Crippen molar-refractivity contribution in [3.05, 3.63) is 24.3 Å². The Balaban J connectivity index is 2.06. The fourth-order valence-corrected chi connectivity index (χ4v) is 1.61. The molecule has 0 saturated carbocycles. The van der Waals surface area contributed by atoms with Gasteiger partial charge in [0, 0.05) is 0 Å². The van der Waals surface area contributed by atoms with Crippen LogP contribution in [0.3, 0.4) is 0 Å². The van der Waals surface area contributed by atoms with E-state index in [1.807, 2.05) is 24.3 Å². The van der Waals surface area contributed by atoms with Crippen LogP contribution in [0.15, 0.2) is 24.3 Å². The van der Waals surface area contributed by atoms with E-state index in [2.05, 4.69) is 19.2 Å². The predicted octanol–water partition coefficient (Wildman–Crippen LogP) is 0.423. The smallest absolute Gasteiger partial charge is 0.126 e. The maximum atomic E-state index is 9.66. The Kier molecular flexibility index (Phi) is 8.02. The maximum Gasteiger partial charge on any atom is 0.126 e. The van der Waals surface area contributed by atoms with E-state index in [0.29, 0.717) is 32.4 Å². The number of ether oxygens (including phenoxy) is 3. The van der Waals surface area contributed by atoms with Gasteiger partial charge in [-0.25, -0.2) is 0 Å². The lowest BCUT2D eigenvalue weighted by Crippen LogP contribution is -2.90. The summed E-state index contributed by atoms with van der Waals surface area (Å²) in [5.74, 6) is 1.58. The molecule has 0 aliphatic carbocycles. The van der Waals surface area contributed by atoms with Gasteiger partial charge < -0.3 is 24.6 Å². The fourth-order valence-electron chi connectivity index (χ4n) is 1.61. The summed E-state index contributed by atoms with van der Waals surface area (Å²) < 4.78 is 16.0. The molecular formula is C15H26NO4+. The maximum absolute atomic E-state index is 9.66. The molecule has 1 aromatic carbocycles. The minimum atomic E-state index is -0.432. The highest BCUT2D eigenvalue weighted by Crippen LogP contribution is 2.16. The Bertz CT molecular complexity index is 353. The SMILES string of the molecule is COc1ccc(OCCOC[C@H](O)C[NH2+]C(C)C)cc1. The third-order valence-electron chi connectivity index (χ3n) is 2.75. The van der Waals surface area contributed by atoms with Crippen LogP contribution in [0, 0.1) is 0 Å². The van der Waals surface area contributed by atoms with E-state index >= 15 is 0 Å². The zero-order chi connectivity index (χ0) is 14.8. The predicted molar refractivity (Wildman–Crippen MR) is 77.2 cm³/mol. The molecule has 0 aromatic heterocycles. The molecule has 3 N–H and O–H groups in total. The first-order valence-electron chi connectivity index (χ1n) is 6.97. The van der Waals surface area contributed by atoms with E-state index in [0.717, 1.165) is 11.5 Å². The number of hydrogen-bond acceptors (Lipinski definition) is 4. The van der Waals surface area contributed by atoms with Gasteiger partial charge in [-0.3, -0.25) is 0 Å². The highest BCUT2D eigenvalue weighted by molar-refractivity contribution is 5.31. The van der Waals surface area contributed by atoms with Crippen molar-refractivity contribution in [3.8, 4) is 11.5 Å². The molecule has 5 heteroatoms. The van der Waals surface area contributed by atoms with Gasteiger partial charge in [-0.05, 0) is 38.1 Å². The zero-order valence-corrected chi connectivity index (χ0v) is 12.5. The zero-order valence-electron chi connectivity index (χ0n) is 12.5. The Morgan fingerprint density at radius 1 is 1.10 bits per heavy atom. The van der Waals surface area contributed by atoms with E-state index in [9.17, 15) is 5.11 Å². The van der Waals surface area contributed by atoms with E-state index in [-0.39, 0.29) is 0 Å². The van der Waals surface area contributed by atoms with Crippen LogP contribution in [-0.2, 0) is 4.74 Å². The quantitative estimate of drug-likeness (QED) is 0.611. The van der Waals surface area contributed by atoms with E-state index in [1.54, 1.807) is 7.11 Å². The monoisotopic (exact) mass is 284 g/mol. The van der Waals surface area contributed by atoms with Crippen molar-refractivity contribution in [2.45, 2.75) is 26.0 Å². The fraction of sp³-hybridized carbons (Fsp3) is 0.600. The second-order valence-corrected chi connectivity index (χ2v) is 4.97. The summed E-state index contributed by atoms with van der Waals surface area (Å²) >= 11 is 0. The van der Waals surface area contributed by atoms with Crippen LogP contribution in [-0.4, -0.2) is 50.7 Å². The molecule has 20 heavy (non-hydrogen) atoms. The van der Waals surface area contributed by atoms with Crippen LogP contribution < -0.4 is 14.8 Å². The Morgan fingerprint density at radius 3 is 2.35 bits per heavy atom. The van der Waals surface area contributed by atoms with Crippen molar-refractivity contribution in [1.29, 1.82) is 0 Å². The lowest BCUT2D eigenvalue weighted by atomic mass is 10.3. The van der Waals surface area contributed by atoms with Crippen LogP contribution in [0.2, 0.25) is 0 Å². The number of benzene rings is 1. The summed E-state index contributed by atoms with van der Waals surface area (Å²) in [4.78, 5) is 0. The Hall–Kier alpha value is -1.30. The summed E-state index contributed by atoms with van der Waals surface area (Å²) in [6, 6.07) is 7.89. The Labute approximate surface area is 120 Å². The van der Waals surface area contributed by atoms with Crippen LogP contribution in [0.5, 0.6) is 11.5 Å². The molecule has 0 aliphatic heterocycles. The van der Waals surface area contributed by atoms with Crippen molar-refractivity contribution >= 4 is 0 Å². The number of nitrogens with two attached hydrogens (primary N) is 1. The first-order chi connectivity index (χ1) is 9.61. The second-order valence-electron chi connectivity index (χ2n) is 4.97. The molecule has 114 valence electrons. The summed E-state index contributed by atoms with van der Waals surface area (Å²) in [7, 11) is 1.63. The van der Waals surface area contributed by atoms with Crippen LogP contribution >= 0.6 is 0 Å². The van der Waals surface area contributed by atoms with Crippen LogP contribution in [0.4, 0.5) is 0 Å². The van der Waals surface area contributed by atoms with Crippen LogP contribution in [0.1, 0.15) is 13.8 Å². The largest absolute Gasteiger partial charge is 0.497 e. The molecule has 0 amide bonds. The molecule has 0 spiro atoms. The number of rotatable bonds is 10. The molecule has 0 radical (unpaired) electrons. The molecule has 0 aliphatic rings. The first-order valence-corrected chi connectivity index (χ1v) is 6.97. The molecule has 0 heterocycles. The van der Waals surface area contributed by atoms with Gasteiger partial charge >= 0.3 is 0 Å². The van der Waals surface area contributed by atoms with Gasteiger partial charge in [-0.1, -0.05) is 0 Å². The van der Waals surface area contributed by atoms with Gasteiger partial charge in [0.25, 0.3) is 0 Å². The number of hydrogen-bond donors (Lipinski definition) is 2. The molecular weight excluding hydrogens is 258 g/mol. The standard InChI is InChI=1S/C15H25NO4/c1-12(2)16-10-13(17)11-19-8-9-20-15-6-4-14(18-3)5-7-15/h4-7,12-13,16-17H,8-11H2,1-3H3/p+1/t13-/m1/s1. The average Bonchev–Trinajstić information content (AvgIpc) is 2.45. The molecule has 1 rings (SSSR count). The minimum Gasteiger partial charge on any atom is -0.497 e. The van der Waals surface area contributed by atoms with Crippen molar-refractivity contribution < 1.29 is 24.6 Å². The van der Waals surface area contributed by atoms with Gasteiger partial charge in [0.1, 0.15) is 30.8 Å². The van der Waals surface area contributed by atoms with Gasteiger partial charge in [-0.2, -0.15) is 0 Å². The van der Waals surface area contributed by atoms with Gasteiger partial charge in [-0.15, -0.1) is 0 Å². The number of aliphatic hydroxyl groups excluding tert-OH is 1. The molecule has 0 fully saturated rings. The molecule has 0 bridgehead atoms. The van der Waals surface area contributed by atoms with E-state index in [1.165, 1.54) is 0 Å². The number of methoxy groups -OCH3 is 1. The topological polar surface area (TPSA) is 64.5 Å².